The fourth-order valence-corrected chi connectivity index (χ4v) is 4.28. The molecule has 0 radical (unpaired) electrons. The van der Waals surface area contributed by atoms with Gasteiger partial charge >= 0.3 is 0 Å². The fourth-order valence-electron chi connectivity index (χ4n) is 4.28. The average molecular weight is 491 g/mol. The number of aromatic nitrogens is 2. The lowest BCUT2D eigenvalue weighted by molar-refractivity contribution is -0.111. The maximum atomic E-state index is 12.2. The predicted molar refractivity (Wildman–Crippen MR) is 146 cm³/mol. The molecule has 1 unspecified atom stereocenters. The van der Waals surface area contributed by atoms with E-state index in [0.29, 0.717) is 28.4 Å². The second-order valence-electron chi connectivity index (χ2n) is 8.43. The monoisotopic (exact) mass is 490 g/mol. The zero-order chi connectivity index (χ0) is 25.6. The summed E-state index contributed by atoms with van der Waals surface area (Å²) in [5, 5.41) is 17.1. The van der Waals surface area contributed by atoms with Crippen molar-refractivity contribution in [1.82, 2.24) is 9.97 Å². The molecule has 3 N–H and O–H groups in total. The van der Waals surface area contributed by atoms with Gasteiger partial charge in [0, 0.05) is 16.8 Å². The van der Waals surface area contributed by atoms with Crippen LogP contribution in [-0.2, 0) is 4.79 Å². The molecule has 5 rings (SSSR count). The van der Waals surface area contributed by atoms with Crippen LogP contribution in [0.15, 0.2) is 108 Å². The Morgan fingerprint density at radius 2 is 1.70 bits per heavy atom. The van der Waals surface area contributed by atoms with Gasteiger partial charge in [-0.1, -0.05) is 78.9 Å². The van der Waals surface area contributed by atoms with Gasteiger partial charge in [-0.05, 0) is 36.3 Å². The first-order chi connectivity index (χ1) is 18.2. The van der Waals surface area contributed by atoms with Gasteiger partial charge in [-0.25, -0.2) is 9.97 Å². The Morgan fingerprint density at radius 3 is 2.43 bits per heavy atom. The molecule has 5 aromatic rings. The summed E-state index contributed by atoms with van der Waals surface area (Å²) < 4.78 is 6.31. The van der Waals surface area contributed by atoms with E-state index >= 15 is 0 Å². The van der Waals surface area contributed by atoms with Crippen molar-refractivity contribution in [3.05, 3.63) is 109 Å². The summed E-state index contributed by atoms with van der Waals surface area (Å²) in [6.45, 7) is 1.67. The molecular formula is C30H26N4O3. The second kappa shape index (κ2) is 10.9. The molecule has 2 heterocycles. The first-order valence-electron chi connectivity index (χ1n) is 12.0. The molecule has 2 aromatic heterocycles. The number of nitrogens with one attached hydrogen (secondary N) is 2. The van der Waals surface area contributed by atoms with E-state index in [1.54, 1.807) is 13.0 Å². The number of amides is 1. The van der Waals surface area contributed by atoms with Crippen LogP contribution < -0.4 is 10.6 Å². The van der Waals surface area contributed by atoms with Crippen LogP contribution in [0, 0.1) is 0 Å². The molecule has 1 amide bonds. The van der Waals surface area contributed by atoms with E-state index in [1.807, 2.05) is 84.9 Å². The molecule has 0 aliphatic rings. The summed E-state index contributed by atoms with van der Waals surface area (Å²) in [7, 11) is 0. The molecule has 37 heavy (non-hydrogen) atoms. The van der Waals surface area contributed by atoms with Crippen molar-refractivity contribution in [1.29, 1.82) is 0 Å². The van der Waals surface area contributed by atoms with Crippen LogP contribution in [0.3, 0.4) is 0 Å². The highest BCUT2D eigenvalue weighted by Crippen LogP contribution is 2.43. The Labute approximate surface area is 214 Å². The maximum absolute atomic E-state index is 12.2. The van der Waals surface area contributed by atoms with Crippen LogP contribution in [0.25, 0.3) is 33.6 Å². The summed E-state index contributed by atoms with van der Waals surface area (Å²) in [5.41, 5.74) is 4.49. The molecule has 184 valence electrons. The lowest BCUT2D eigenvalue weighted by atomic mass is 9.98. The molecule has 7 nitrogen and oxygen atoms in total. The van der Waals surface area contributed by atoms with Gasteiger partial charge in [-0.15, -0.1) is 0 Å². The molecule has 3 aromatic carbocycles. The average Bonchev–Trinajstić information content (AvgIpc) is 3.33. The standard InChI is InChI=1S/C30H26N4O3/c1-2-10-25(36)33-23-16-9-15-22(17-23)26-27-29(34-24(18-35)20-11-5-3-6-12-20)31-19-32-30(27)37-28(26)21-13-7-4-8-14-21/h2-17,19,24,35H,18H2,1H3,(H,33,36)(H,31,32,34). The van der Waals surface area contributed by atoms with Gasteiger partial charge < -0.3 is 20.2 Å². The third kappa shape index (κ3) is 5.12. The summed E-state index contributed by atoms with van der Waals surface area (Å²) in [5.74, 6) is 0.966. The topological polar surface area (TPSA) is 100 Å². The number of aliphatic hydroxyl groups is 1. The number of hydrogen-bond acceptors (Lipinski definition) is 6. The second-order valence-corrected chi connectivity index (χ2v) is 8.43. The molecule has 0 spiro atoms. The van der Waals surface area contributed by atoms with Gasteiger partial charge in [0.25, 0.3) is 0 Å². The number of allylic oxidation sites excluding steroid dienone is 1. The van der Waals surface area contributed by atoms with Crippen molar-refractivity contribution in [2.75, 3.05) is 17.2 Å². The lowest BCUT2D eigenvalue weighted by Crippen LogP contribution is -2.15. The van der Waals surface area contributed by atoms with E-state index < -0.39 is 0 Å². The Balaban J connectivity index is 1.68. The number of fused-ring (bicyclic) bond motifs is 1. The minimum Gasteiger partial charge on any atom is -0.437 e. The van der Waals surface area contributed by atoms with Crippen LogP contribution >= 0.6 is 0 Å². The highest BCUT2D eigenvalue weighted by molar-refractivity contribution is 6.07. The number of carbonyl (C=O) groups excluding carboxylic acids is 1. The van der Waals surface area contributed by atoms with Gasteiger partial charge in [0.15, 0.2) is 0 Å². The van der Waals surface area contributed by atoms with E-state index in [2.05, 4.69) is 20.6 Å². The van der Waals surface area contributed by atoms with Crippen LogP contribution in [0.1, 0.15) is 18.5 Å². The molecule has 7 heteroatoms. The van der Waals surface area contributed by atoms with E-state index in [4.69, 9.17) is 4.42 Å². The first-order valence-corrected chi connectivity index (χ1v) is 12.0. The fraction of sp³-hybridized carbons (Fsp3) is 0.100. The summed E-state index contributed by atoms with van der Waals surface area (Å²) in [6, 6.07) is 26.7. The van der Waals surface area contributed by atoms with Crippen molar-refractivity contribution in [2.45, 2.75) is 13.0 Å². The Bertz CT molecular complexity index is 1550. The molecule has 0 aliphatic heterocycles. The van der Waals surface area contributed by atoms with Crippen molar-refractivity contribution < 1.29 is 14.3 Å². The van der Waals surface area contributed by atoms with Crippen molar-refractivity contribution in [2.24, 2.45) is 0 Å². The van der Waals surface area contributed by atoms with Crippen LogP contribution in [-0.4, -0.2) is 27.6 Å². The molecule has 0 bridgehead atoms. The minimum absolute atomic E-state index is 0.124. The van der Waals surface area contributed by atoms with Crippen molar-refractivity contribution in [3.8, 4) is 22.5 Å². The molecular weight excluding hydrogens is 464 g/mol. The van der Waals surface area contributed by atoms with E-state index in [1.165, 1.54) is 12.4 Å². The summed E-state index contributed by atoms with van der Waals surface area (Å²) in [6.07, 6.45) is 4.61. The molecule has 0 saturated carbocycles. The van der Waals surface area contributed by atoms with Crippen molar-refractivity contribution >= 4 is 28.5 Å². The number of benzene rings is 3. The van der Waals surface area contributed by atoms with Gasteiger partial charge in [0.2, 0.25) is 11.6 Å². The minimum atomic E-state index is -0.381. The highest BCUT2D eigenvalue weighted by Gasteiger charge is 2.24. The molecule has 0 fully saturated rings. The summed E-state index contributed by atoms with van der Waals surface area (Å²) >= 11 is 0. The SMILES string of the molecule is CC=CC(=O)Nc1cccc(-c2c(-c3ccccc3)oc3ncnc(NC(CO)c4ccccc4)c23)c1. The van der Waals surface area contributed by atoms with Crippen LogP contribution in [0.2, 0.25) is 0 Å². The zero-order valence-corrected chi connectivity index (χ0v) is 20.3. The smallest absolute Gasteiger partial charge is 0.248 e. The normalized spacial score (nSPS) is 12.1. The largest absolute Gasteiger partial charge is 0.437 e. The Kier molecular flexibility index (Phi) is 7.05. The van der Waals surface area contributed by atoms with E-state index in [9.17, 15) is 9.90 Å². The quantitative estimate of drug-likeness (QED) is 0.223. The first kappa shape index (κ1) is 24.0. The summed E-state index contributed by atoms with van der Waals surface area (Å²) in [4.78, 5) is 21.1. The number of rotatable bonds is 8. The zero-order valence-electron chi connectivity index (χ0n) is 20.3. The van der Waals surface area contributed by atoms with E-state index in [-0.39, 0.29) is 18.6 Å². The van der Waals surface area contributed by atoms with Gasteiger partial charge in [-0.2, -0.15) is 0 Å². The Morgan fingerprint density at radius 1 is 0.973 bits per heavy atom. The highest BCUT2D eigenvalue weighted by atomic mass is 16.3. The Hall–Kier alpha value is -4.75. The number of aliphatic hydroxyl groups excluding tert-OH is 1. The predicted octanol–water partition coefficient (Wildman–Crippen LogP) is 6.22. The maximum Gasteiger partial charge on any atom is 0.248 e. The number of anilines is 2. The van der Waals surface area contributed by atoms with Gasteiger partial charge in [-0.3, -0.25) is 4.79 Å². The van der Waals surface area contributed by atoms with Gasteiger partial charge in [0.1, 0.15) is 17.9 Å². The number of furan rings is 1. The van der Waals surface area contributed by atoms with Crippen LogP contribution in [0.5, 0.6) is 0 Å². The van der Waals surface area contributed by atoms with E-state index in [0.717, 1.165) is 22.3 Å². The van der Waals surface area contributed by atoms with Gasteiger partial charge in [0.05, 0.1) is 18.0 Å². The van der Waals surface area contributed by atoms with Crippen LogP contribution in [0.4, 0.5) is 11.5 Å². The lowest BCUT2D eigenvalue weighted by Gasteiger charge is -2.18. The van der Waals surface area contributed by atoms with Crippen molar-refractivity contribution in [3.63, 3.8) is 0 Å². The molecule has 1 atom stereocenters. The third-order valence-corrected chi connectivity index (χ3v) is 5.96. The third-order valence-electron chi connectivity index (χ3n) is 5.96. The molecule has 0 aliphatic carbocycles. The molecule has 0 saturated heterocycles. The number of nitrogens with zero attached hydrogens (tertiary/aromatic N) is 2. The number of carbonyl (C=O) groups is 1. The number of hydrogen-bond donors (Lipinski definition) is 3.